The molecule has 8 heavy (non-hydrogen) atoms. The number of hydrogen-bond donors (Lipinski definition) is 1. The van der Waals surface area contributed by atoms with Crippen LogP contribution in [0.5, 0.6) is 0 Å². The van der Waals surface area contributed by atoms with Gasteiger partial charge in [0, 0.05) is 31.3 Å². The van der Waals surface area contributed by atoms with Crippen molar-refractivity contribution >= 4 is 18.9 Å². The van der Waals surface area contributed by atoms with E-state index in [9.17, 15) is 0 Å². The summed E-state index contributed by atoms with van der Waals surface area (Å²) in [6.45, 7) is 0. The van der Waals surface area contributed by atoms with Gasteiger partial charge in [0.1, 0.15) is 6.07 Å². The van der Waals surface area contributed by atoms with Gasteiger partial charge in [-0.15, -0.1) is 0 Å². The van der Waals surface area contributed by atoms with Crippen LogP contribution in [0.2, 0.25) is 0 Å². The summed E-state index contributed by atoms with van der Waals surface area (Å²) in [6.07, 6.45) is 3.15. The van der Waals surface area contributed by atoms with Gasteiger partial charge in [0.05, 0.1) is 0 Å². The molecule has 0 aromatic carbocycles. The van der Waals surface area contributed by atoms with Crippen molar-refractivity contribution in [1.29, 1.82) is 5.26 Å². The smallest absolute Gasteiger partial charge is 0.210 e. The van der Waals surface area contributed by atoms with Crippen LogP contribution in [0.3, 0.4) is 0 Å². The second-order valence-electron chi connectivity index (χ2n) is 1.05. The van der Waals surface area contributed by atoms with Crippen molar-refractivity contribution in [2.75, 3.05) is 0 Å². The quantitative estimate of drug-likeness (QED) is 0.463. The first-order valence-corrected chi connectivity index (χ1v) is 1.83. The molecule has 1 rings (SSSR count). The number of rotatable bonds is 0. The molecule has 0 fully saturated rings. The van der Waals surface area contributed by atoms with Gasteiger partial charge in [-0.2, -0.15) is 5.26 Å². The molecule has 1 radical (unpaired) electrons. The van der Waals surface area contributed by atoms with Crippen molar-refractivity contribution in [3.8, 4) is 6.07 Å². The monoisotopic (exact) mass is 100 g/mol. The predicted molar refractivity (Wildman–Crippen MR) is 29.1 cm³/mol. The number of aromatic nitrogens is 2. The first-order valence-electron chi connectivity index (χ1n) is 1.83. The Bertz CT molecular complexity index is 174. The van der Waals surface area contributed by atoms with E-state index in [0.717, 1.165) is 0 Å². The zero-order valence-electron chi connectivity index (χ0n) is 4.55. The van der Waals surface area contributed by atoms with Gasteiger partial charge in [0.25, 0.3) is 0 Å². The van der Waals surface area contributed by atoms with Crippen LogP contribution in [0.25, 0.3) is 0 Å². The molecule has 0 atom stereocenters. The maximum atomic E-state index is 8.08. The topological polar surface area (TPSA) is 52.5 Å². The molecule has 1 aromatic rings. The summed E-state index contributed by atoms with van der Waals surface area (Å²) >= 11 is 0. The van der Waals surface area contributed by atoms with Gasteiger partial charge < -0.3 is 4.98 Å². The molecule has 0 saturated heterocycles. The summed E-state index contributed by atoms with van der Waals surface area (Å²) in [5.41, 5.74) is 0. The zero-order chi connectivity index (χ0) is 5.11. The summed E-state index contributed by atoms with van der Waals surface area (Å²) < 4.78 is 0. The Balaban J connectivity index is 0.000000490. The van der Waals surface area contributed by atoms with Crippen molar-refractivity contribution in [3.05, 3.63) is 18.2 Å². The third-order valence-corrected chi connectivity index (χ3v) is 0.604. The molecule has 0 saturated carbocycles. The van der Waals surface area contributed by atoms with E-state index >= 15 is 0 Å². The van der Waals surface area contributed by atoms with Crippen molar-refractivity contribution in [3.63, 3.8) is 0 Å². The Morgan fingerprint density at radius 2 is 2.50 bits per heavy atom. The summed E-state index contributed by atoms with van der Waals surface area (Å²) in [5, 5.41) is 8.08. The van der Waals surface area contributed by atoms with Gasteiger partial charge in [0.2, 0.25) is 5.82 Å². The Morgan fingerprint density at radius 3 is 2.75 bits per heavy atom. The van der Waals surface area contributed by atoms with E-state index in [0.29, 0.717) is 5.82 Å². The molecule has 0 aliphatic rings. The number of nitrogens with one attached hydrogen (secondary N) is 1. The molecule has 4 heteroatoms. The maximum Gasteiger partial charge on any atom is 0.210 e. The first-order chi connectivity index (χ1) is 3.43. The average molecular weight is 100 g/mol. The van der Waals surface area contributed by atoms with Gasteiger partial charge in [-0.05, 0) is 0 Å². The molecular weight excluding hydrogens is 97.0 g/mol. The normalized spacial score (nSPS) is 6.88. The van der Waals surface area contributed by atoms with Crippen LogP contribution < -0.4 is 0 Å². The Morgan fingerprint density at radius 1 is 1.75 bits per heavy atom. The predicted octanol–water partition coefficient (Wildman–Crippen LogP) is -0.0994. The van der Waals surface area contributed by atoms with E-state index in [1.54, 1.807) is 12.4 Å². The minimum atomic E-state index is 0. The molecule has 0 aliphatic heterocycles. The van der Waals surface area contributed by atoms with Gasteiger partial charge in [-0.25, -0.2) is 4.98 Å². The Labute approximate surface area is 58.9 Å². The van der Waals surface area contributed by atoms with Gasteiger partial charge >= 0.3 is 0 Å². The maximum absolute atomic E-state index is 8.08. The van der Waals surface area contributed by atoms with Crippen LogP contribution in [-0.2, 0) is 0 Å². The Hall–Kier alpha value is -0.703. The van der Waals surface area contributed by atoms with E-state index in [4.69, 9.17) is 5.26 Å². The molecule has 35 valence electrons. The van der Waals surface area contributed by atoms with E-state index in [-0.39, 0.29) is 18.9 Å². The molecule has 3 nitrogen and oxygen atoms in total. The SMILES string of the molecule is N#Cc1ncc[nH]1.[Li]. The Kier molecular flexibility index (Phi) is 3.03. The van der Waals surface area contributed by atoms with Crippen LogP contribution >= 0.6 is 0 Å². The van der Waals surface area contributed by atoms with Crippen molar-refractivity contribution in [1.82, 2.24) is 9.97 Å². The molecule has 1 N–H and O–H groups in total. The number of H-pyrrole nitrogens is 1. The van der Waals surface area contributed by atoms with Crippen molar-refractivity contribution < 1.29 is 0 Å². The summed E-state index contributed by atoms with van der Waals surface area (Å²) in [5.74, 6) is 0.361. The largest absolute Gasteiger partial charge is 0.336 e. The van der Waals surface area contributed by atoms with E-state index < -0.39 is 0 Å². The van der Waals surface area contributed by atoms with Crippen LogP contribution in [0.4, 0.5) is 0 Å². The molecule has 0 unspecified atom stereocenters. The van der Waals surface area contributed by atoms with Gasteiger partial charge in [-0.1, -0.05) is 0 Å². The third kappa shape index (κ3) is 1.42. The summed E-state index contributed by atoms with van der Waals surface area (Å²) in [7, 11) is 0. The number of nitrogens with zero attached hydrogens (tertiary/aromatic N) is 2. The number of nitriles is 1. The molecule has 1 aromatic heterocycles. The zero-order valence-corrected chi connectivity index (χ0v) is 4.55. The van der Waals surface area contributed by atoms with Gasteiger partial charge in [0.15, 0.2) is 0 Å². The summed E-state index contributed by atoms with van der Waals surface area (Å²) in [4.78, 5) is 6.23. The van der Waals surface area contributed by atoms with E-state index in [1.807, 2.05) is 6.07 Å². The van der Waals surface area contributed by atoms with Gasteiger partial charge in [-0.3, -0.25) is 0 Å². The first kappa shape index (κ1) is 7.30. The molecular formula is C4H3LiN3. The van der Waals surface area contributed by atoms with Crippen LogP contribution in [0, 0.1) is 11.3 Å². The molecule has 0 spiro atoms. The van der Waals surface area contributed by atoms with Crippen molar-refractivity contribution in [2.24, 2.45) is 0 Å². The number of aromatic amines is 1. The number of hydrogen-bond acceptors (Lipinski definition) is 2. The standard InChI is InChI=1S/C4H3N3.Li/c5-3-4-6-1-2-7-4;/h1-2H,(H,6,7);. The minimum Gasteiger partial charge on any atom is -0.336 e. The fourth-order valence-electron chi connectivity index (χ4n) is 0.326. The van der Waals surface area contributed by atoms with Crippen molar-refractivity contribution in [2.45, 2.75) is 0 Å². The average Bonchev–Trinajstić information content (AvgIpc) is 2.14. The van der Waals surface area contributed by atoms with Crippen LogP contribution in [0.1, 0.15) is 5.82 Å². The molecule has 0 bridgehead atoms. The molecule has 0 aliphatic carbocycles. The minimum absolute atomic E-state index is 0. The van der Waals surface area contributed by atoms with E-state index in [2.05, 4.69) is 9.97 Å². The fraction of sp³-hybridized carbons (Fsp3) is 0. The third-order valence-electron chi connectivity index (χ3n) is 0.604. The molecule has 0 amide bonds. The fourth-order valence-corrected chi connectivity index (χ4v) is 0.326. The summed E-state index contributed by atoms with van der Waals surface area (Å²) in [6, 6.07) is 1.84. The second kappa shape index (κ2) is 3.32. The number of imidazole rings is 1. The van der Waals surface area contributed by atoms with Crippen LogP contribution in [0.15, 0.2) is 12.4 Å². The second-order valence-corrected chi connectivity index (χ2v) is 1.05. The van der Waals surface area contributed by atoms with Crippen LogP contribution in [-0.4, -0.2) is 28.8 Å². The van der Waals surface area contributed by atoms with E-state index in [1.165, 1.54) is 0 Å². The molecule has 1 heterocycles.